The number of imide groups is 1. The predicted molar refractivity (Wildman–Crippen MR) is 139 cm³/mol. The van der Waals surface area contributed by atoms with Crippen molar-refractivity contribution in [2.75, 3.05) is 9.80 Å². The molecule has 6 rings (SSSR count). The summed E-state index contributed by atoms with van der Waals surface area (Å²) in [6, 6.07) is 0. The summed E-state index contributed by atoms with van der Waals surface area (Å²) in [7, 11) is 0. The monoisotopic (exact) mass is 736 g/mol. The van der Waals surface area contributed by atoms with Crippen molar-refractivity contribution in [2.45, 2.75) is 6.23 Å². The van der Waals surface area contributed by atoms with Gasteiger partial charge in [0.1, 0.15) is 11.4 Å². The molecule has 6 nitrogen and oxygen atoms in total. The molecule has 1 atom stereocenters. The molecule has 0 saturated heterocycles. The Labute approximate surface area is 265 Å². The van der Waals surface area contributed by atoms with Crippen molar-refractivity contribution in [3.05, 3.63) is 101 Å². The third-order valence-electron chi connectivity index (χ3n) is 7.16. The number of carbonyl (C=O) groups is 3. The SMILES string of the molecule is O=C1c2c(Cl)c(Cl)c3c4c(c(Cl)c(Cl)c(c24)C(=O)N1c1c(F)c(F)c(F)c(F)c1F)C(O)N(c1c(F)c(F)c(F)c(F)c1F)C3=O. The smallest absolute Gasteiger partial charge is 0.267 e. The van der Waals surface area contributed by atoms with Crippen molar-refractivity contribution < 1.29 is 63.4 Å². The van der Waals surface area contributed by atoms with Crippen LogP contribution >= 0.6 is 46.4 Å². The molecule has 0 radical (unpaired) electrons. The van der Waals surface area contributed by atoms with E-state index < -0.39 is 152 Å². The number of anilines is 2. The van der Waals surface area contributed by atoms with Crippen molar-refractivity contribution in [1.82, 2.24) is 0 Å². The lowest BCUT2D eigenvalue weighted by atomic mass is 9.84. The first-order valence-corrected chi connectivity index (χ1v) is 13.2. The number of amides is 3. The van der Waals surface area contributed by atoms with E-state index in [1.54, 1.807) is 0 Å². The predicted octanol–water partition coefficient (Wildman–Crippen LogP) is 8.30. The average Bonchev–Trinajstić information content (AvgIpc) is 3.01. The summed E-state index contributed by atoms with van der Waals surface area (Å²) < 4.78 is 143. The highest BCUT2D eigenvalue weighted by molar-refractivity contribution is 6.54. The largest absolute Gasteiger partial charge is 0.369 e. The van der Waals surface area contributed by atoms with Crippen LogP contribution in [0.25, 0.3) is 10.8 Å². The Morgan fingerprint density at radius 1 is 0.457 bits per heavy atom. The molecule has 3 amide bonds. The minimum absolute atomic E-state index is 0.367. The molecule has 2 heterocycles. The Kier molecular flexibility index (Phi) is 7.22. The number of nitrogens with zero attached hydrogens (tertiary/aromatic N) is 2. The second-order valence-electron chi connectivity index (χ2n) is 9.38. The van der Waals surface area contributed by atoms with Crippen molar-refractivity contribution in [1.29, 1.82) is 0 Å². The van der Waals surface area contributed by atoms with Crippen molar-refractivity contribution >= 4 is 86.3 Å². The molecule has 4 aromatic carbocycles. The van der Waals surface area contributed by atoms with Crippen LogP contribution in [0.4, 0.5) is 55.3 Å². The molecule has 0 saturated carbocycles. The lowest BCUT2D eigenvalue weighted by Crippen LogP contribution is -2.44. The topological polar surface area (TPSA) is 77.9 Å². The number of hydrogen-bond acceptors (Lipinski definition) is 4. The molecule has 1 unspecified atom stereocenters. The Bertz CT molecular complexity index is 2140. The normalized spacial score (nSPS) is 16.0. The first-order valence-electron chi connectivity index (χ1n) is 11.7. The molecular weight excluding hydrogens is 736 g/mol. The van der Waals surface area contributed by atoms with Gasteiger partial charge in [0.05, 0.1) is 36.8 Å². The first-order chi connectivity index (χ1) is 21.4. The Morgan fingerprint density at radius 2 is 0.783 bits per heavy atom. The van der Waals surface area contributed by atoms with Gasteiger partial charge in [0.15, 0.2) is 52.8 Å². The second-order valence-corrected chi connectivity index (χ2v) is 10.9. The van der Waals surface area contributed by atoms with E-state index in [2.05, 4.69) is 0 Å². The first kappa shape index (κ1) is 32.1. The van der Waals surface area contributed by atoms with Crippen molar-refractivity contribution in [3.63, 3.8) is 0 Å². The maximum atomic E-state index is 14.8. The summed E-state index contributed by atoms with van der Waals surface area (Å²) >= 11 is 24.9. The molecule has 1 N–H and O–H groups in total. The van der Waals surface area contributed by atoms with Gasteiger partial charge in [0.2, 0.25) is 11.6 Å². The van der Waals surface area contributed by atoms with Crippen LogP contribution in [0.15, 0.2) is 0 Å². The maximum Gasteiger partial charge on any atom is 0.267 e. The minimum atomic E-state index is -2.81. The van der Waals surface area contributed by atoms with Gasteiger partial charge < -0.3 is 5.11 Å². The van der Waals surface area contributed by atoms with Crippen molar-refractivity contribution in [3.8, 4) is 0 Å². The number of hydrogen-bond donors (Lipinski definition) is 1. The summed E-state index contributed by atoms with van der Waals surface area (Å²) in [5.41, 5.74) is -8.22. The summed E-state index contributed by atoms with van der Waals surface area (Å²) in [5.74, 6) is -31.7. The van der Waals surface area contributed by atoms with Crippen LogP contribution in [-0.4, -0.2) is 22.8 Å². The molecule has 4 aromatic rings. The molecule has 46 heavy (non-hydrogen) atoms. The van der Waals surface area contributed by atoms with Gasteiger partial charge in [0.25, 0.3) is 17.7 Å². The molecule has 2 aliphatic rings. The fraction of sp³-hybridized carbons (Fsp3) is 0.0385. The highest BCUT2D eigenvalue weighted by Gasteiger charge is 2.49. The highest BCUT2D eigenvalue weighted by Crippen LogP contribution is 2.54. The number of halogens is 14. The molecule has 0 fully saturated rings. The zero-order chi connectivity index (χ0) is 34.2. The van der Waals surface area contributed by atoms with Gasteiger partial charge in [-0.25, -0.2) is 48.8 Å². The van der Waals surface area contributed by atoms with Gasteiger partial charge in [-0.05, 0) is 0 Å². The van der Waals surface area contributed by atoms with Crippen molar-refractivity contribution in [2.24, 2.45) is 0 Å². The zero-order valence-electron chi connectivity index (χ0n) is 20.9. The zero-order valence-corrected chi connectivity index (χ0v) is 24.0. The average molecular weight is 738 g/mol. The van der Waals surface area contributed by atoms with Crippen LogP contribution in [0.1, 0.15) is 42.9 Å². The van der Waals surface area contributed by atoms with E-state index in [9.17, 15) is 63.4 Å². The van der Waals surface area contributed by atoms with E-state index >= 15 is 0 Å². The molecule has 0 aliphatic carbocycles. The van der Waals surface area contributed by atoms with Gasteiger partial charge in [-0.1, -0.05) is 46.4 Å². The minimum Gasteiger partial charge on any atom is -0.369 e. The van der Waals surface area contributed by atoms with Crippen LogP contribution in [0.2, 0.25) is 20.1 Å². The summed E-state index contributed by atoms with van der Waals surface area (Å²) in [6.45, 7) is 0. The lowest BCUT2D eigenvalue weighted by Gasteiger charge is -2.38. The van der Waals surface area contributed by atoms with E-state index in [-0.39, 0.29) is 4.90 Å². The molecule has 0 aromatic heterocycles. The van der Waals surface area contributed by atoms with Gasteiger partial charge in [-0.15, -0.1) is 0 Å². The van der Waals surface area contributed by atoms with Gasteiger partial charge in [-0.2, -0.15) is 0 Å². The summed E-state index contributed by atoms with van der Waals surface area (Å²) in [4.78, 5) is 40.0. The maximum absolute atomic E-state index is 14.8. The van der Waals surface area contributed by atoms with Gasteiger partial charge in [-0.3, -0.25) is 19.3 Å². The van der Waals surface area contributed by atoms with E-state index in [0.29, 0.717) is 0 Å². The van der Waals surface area contributed by atoms with Gasteiger partial charge >= 0.3 is 0 Å². The molecule has 238 valence electrons. The Balaban J connectivity index is 1.72. The Morgan fingerprint density at radius 3 is 1.20 bits per heavy atom. The van der Waals surface area contributed by atoms with Crippen LogP contribution in [0.5, 0.6) is 0 Å². The molecule has 0 spiro atoms. The number of aliphatic hydroxyl groups is 1. The fourth-order valence-corrected chi connectivity index (χ4v) is 6.30. The van der Waals surface area contributed by atoms with Crippen LogP contribution < -0.4 is 9.80 Å². The summed E-state index contributed by atoms with van der Waals surface area (Å²) in [6.07, 6.45) is -2.81. The molecule has 2 aliphatic heterocycles. The summed E-state index contributed by atoms with van der Waals surface area (Å²) in [5, 5.41) is 5.20. The van der Waals surface area contributed by atoms with Crippen LogP contribution in [0, 0.1) is 58.2 Å². The van der Waals surface area contributed by atoms with Crippen LogP contribution in [-0.2, 0) is 0 Å². The number of carbonyl (C=O) groups excluding carboxylic acids is 3. The Hall–Kier alpha value is -3.83. The molecular formula is C26H2Cl4F10N2O4. The second kappa shape index (κ2) is 10.3. The van der Waals surface area contributed by atoms with E-state index in [1.165, 1.54) is 0 Å². The molecule has 20 heteroatoms. The highest BCUT2D eigenvalue weighted by atomic mass is 35.5. The van der Waals surface area contributed by atoms with E-state index in [1.807, 2.05) is 0 Å². The quantitative estimate of drug-likeness (QED) is 0.0973. The van der Waals surface area contributed by atoms with Crippen LogP contribution in [0.3, 0.4) is 0 Å². The third-order valence-corrected chi connectivity index (χ3v) is 8.88. The van der Waals surface area contributed by atoms with E-state index in [0.717, 1.165) is 0 Å². The number of benzene rings is 4. The number of rotatable bonds is 2. The number of aliphatic hydroxyl groups excluding tert-OH is 1. The lowest BCUT2D eigenvalue weighted by molar-refractivity contribution is 0.0861. The van der Waals surface area contributed by atoms with E-state index in [4.69, 9.17) is 46.4 Å². The van der Waals surface area contributed by atoms with Gasteiger partial charge in [0, 0.05) is 16.3 Å². The molecule has 0 bridgehead atoms. The fourth-order valence-electron chi connectivity index (χ4n) is 5.20. The standard InChI is InChI=1S/C26H2Cl4F10N2O4/c27-7-3-1-2-5(9(7)29)25(45)42(22-19(39)15(35)12(32)16(36)20(22)40)26(46)6(2)10(30)8(28)4(1)24(44)41(23(3)43)21-17(37)13(33)11(31)14(34)18(21)38/h23,43H. The third kappa shape index (κ3) is 3.75.